The number of carboxylic acid groups (broad SMARTS) is 1. The van der Waals surface area contributed by atoms with Gasteiger partial charge in [0.15, 0.2) is 0 Å². The number of rotatable bonds is 6. The molecule has 1 unspecified atom stereocenters. The highest BCUT2D eigenvalue weighted by molar-refractivity contribution is 7.17. The van der Waals surface area contributed by atoms with Crippen LogP contribution in [-0.2, 0) is 11.3 Å². The van der Waals surface area contributed by atoms with E-state index in [1.807, 2.05) is 28.5 Å². The Labute approximate surface area is 159 Å². The van der Waals surface area contributed by atoms with Crippen molar-refractivity contribution in [2.45, 2.75) is 13.5 Å². The minimum Gasteiger partial charge on any atom is -0.481 e. The second-order valence-electron chi connectivity index (χ2n) is 6.26. The van der Waals surface area contributed by atoms with Gasteiger partial charge in [-0.15, -0.1) is 11.3 Å². The van der Waals surface area contributed by atoms with E-state index in [9.17, 15) is 9.59 Å². The summed E-state index contributed by atoms with van der Waals surface area (Å²) >= 11 is 7.65. The van der Waals surface area contributed by atoms with E-state index >= 15 is 0 Å². The largest absolute Gasteiger partial charge is 0.481 e. The van der Waals surface area contributed by atoms with Gasteiger partial charge in [-0.05, 0) is 13.1 Å². The van der Waals surface area contributed by atoms with Crippen LogP contribution in [-0.4, -0.2) is 39.5 Å². The molecule has 0 aliphatic rings. The monoisotopic (exact) mass is 391 g/mol. The van der Waals surface area contributed by atoms with Gasteiger partial charge in [0.1, 0.15) is 10.7 Å². The Morgan fingerprint density at radius 1 is 1.38 bits per heavy atom. The number of carbonyl (C=O) groups is 1. The summed E-state index contributed by atoms with van der Waals surface area (Å²) in [6, 6.07) is 7.38. The van der Waals surface area contributed by atoms with Crippen LogP contribution < -0.4 is 5.56 Å². The zero-order valence-electron chi connectivity index (χ0n) is 14.3. The van der Waals surface area contributed by atoms with Gasteiger partial charge in [0, 0.05) is 28.1 Å². The fourth-order valence-corrected chi connectivity index (χ4v) is 4.01. The van der Waals surface area contributed by atoms with Gasteiger partial charge in [-0.1, -0.05) is 36.7 Å². The molecule has 1 atom stereocenters. The Morgan fingerprint density at radius 3 is 2.81 bits per heavy atom. The van der Waals surface area contributed by atoms with Crippen LogP contribution in [0.2, 0.25) is 5.02 Å². The minimum absolute atomic E-state index is 0.221. The molecule has 2 aromatic heterocycles. The molecule has 0 aliphatic heterocycles. The van der Waals surface area contributed by atoms with E-state index in [4.69, 9.17) is 16.7 Å². The molecule has 0 fully saturated rings. The Morgan fingerprint density at radius 2 is 2.12 bits per heavy atom. The highest BCUT2D eigenvalue weighted by Gasteiger charge is 2.17. The minimum atomic E-state index is -0.851. The molecule has 2 heterocycles. The number of aliphatic carboxylic acids is 1. The first-order valence-electron chi connectivity index (χ1n) is 8.03. The first-order valence-corrected chi connectivity index (χ1v) is 9.29. The molecule has 8 heteroatoms. The fraction of sp³-hybridized carbons (Fsp3) is 0.278. The Kier molecular flexibility index (Phi) is 5.41. The summed E-state index contributed by atoms with van der Waals surface area (Å²) in [6.45, 7) is 2.38. The molecule has 0 saturated heterocycles. The Bertz CT molecular complexity index is 1010. The van der Waals surface area contributed by atoms with Crippen LogP contribution >= 0.6 is 22.9 Å². The molecule has 0 amide bonds. The van der Waals surface area contributed by atoms with Crippen LogP contribution in [0.3, 0.4) is 0 Å². The van der Waals surface area contributed by atoms with E-state index in [2.05, 4.69) is 9.97 Å². The first-order chi connectivity index (χ1) is 12.4. The number of hydrogen-bond acceptors (Lipinski definition) is 5. The SMILES string of the molecule is CC(CN(C)Cc1nc2scc(-c3ccccc3Cl)c2c(=O)[nH]1)C(=O)O. The maximum absolute atomic E-state index is 12.6. The molecular formula is C18H18ClN3O3S. The van der Waals surface area contributed by atoms with E-state index in [-0.39, 0.29) is 5.56 Å². The third-order valence-corrected chi connectivity index (χ3v) is 5.29. The predicted molar refractivity (Wildman–Crippen MR) is 104 cm³/mol. The normalized spacial score (nSPS) is 12.6. The van der Waals surface area contributed by atoms with Crippen molar-refractivity contribution in [3.63, 3.8) is 0 Å². The van der Waals surface area contributed by atoms with Gasteiger partial charge in [0.25, 0.3) is 5.56 Å². The lowest BCUT2D eigenvalue weighted by molar-refractivity contribution is -0.141. The first kappa shape index (κ1) is 18.6. The van der Waals surface area contributed by atoms with Crippen LogP contribution in [0.5, 0.6) is 0 Å². The van der Waals surface area contributed by atoms with Crippen molar-refractivity contribution in [3.8, 4) is 11.1 Å². The summed E-state index contributed by atoms with van der Waals surface area (Å²) in [5.74, 6) is -0.837. The van der Waals surface area contributed by atoms with Gasteiger partial charge in [0.2, 0.25) is 0 Å². The van der Waals surface area contributed by atoms with Crippen LogP contribution in [0.1, 0.15) is 12.7 Å². The zero-order valence-corrected chi connectivity index (χ0v) is 15.9. The molecule has 3 aromatic rings. The van der Waals surface area contributed by atoms with Crippen LogP contribution in [0, 0.1) is 5.92 Å². The average Bonchev–Trinajstić information content (AvgIpc) is 2.99. The number of thiophene rings is 1. The van der Waals surface area contributed by atoms with Gasteiger partial charge in [-0.3, -0.25) is 14.5 Å². The number of fused-ring (bicyclic) bond motifs is 1. The summed E-state index contributed by atoms with van der Waals surface area (Å²) in [5, 5.41) is 12.0. The molecule has 0 radical (unpaired) electrons. The van der Waals surface area contributed by atoms with Gasteiger partial charge in [-0.25, -0.2) is 4.98 Å². The standard InChI is InChI=1S/C18H18ClN3O3S/c1-10(18(24)25)7-22(2)8-14-20-16(23)15-12(9-26-17(15)21-14)11-5-3-4-6-13(11)19/h3-6,9-10H,7-8H2,1-2H3,(H,24,25)(H,20,21,23). The van der Waals surface area contributed by atoms with Crippen molar-refractivity contribution in [2.24, 2.45) is 5.92 Å². The molecular weight excluding hydrogens is 374 g/mol. The van der Waals surface area contributed by atoms with Crippen LogP contribution in [0.15, 0.2) is 34.4 Å². The van der Waals surface area contributed by atoms with Gasteiger partial charge >= 0.3 is 5.97 Å². The Balaban J connectivity index is 1.92. The second-order valence-corrected chi connectivity index (χ2v) is 7.52. The number of H-pyrrole nitrogens is 1. The number of nitrogens with zero attached hydrogens (tertiary/aromatic N) is 2. The summed E-state index contributed by atoms with van der Waals surface area (Å²) in [7, 11) is 1.80. The molecule has 0 aliphatic carbocycles. The molecule has 136 valence electrons. The van der Waals surface area contributed by atoms with Crippen molar-refractivity contribution in [1.82, 2.24) is 14.9 Å². The highest BCUT2D eigenvalue weighted by Crippen LogP contribution is 2.34. The smallest absolute Gasteiger partial charge is 0.307 e. The number of nitrogens with one attached hydrogen (secondary N) is 1. The summed E-state index contributed by atoms with van der Waals surface area (Å²) in [5.41, 5.74) is 1.34. The van der Waals surface area contributed by atoms with E-state index < -0.39 is 11.9 Å². The topological polar surface area (TPSA) is 86.3 Å². The van der Waals surface area contributed by atoms with E-state index in [0.29, 0.717) is 34.2 Å². The summed E-state index contributed by atoms with van der Waals surface area (Å²) in [4.78, 5) is 33.4. The van der Waals surface area contributed by atoms with Crippen LogP contribution in [0.4, 0.5) is 0 Å². The van der Waals surface area contributed by atoms with E-state index in [1.165, 1.54) is 11.3 Å². The van der Waals surface area contributed by atoms with Gasteiger partial charge in [0.05, 0.1) is 17.8 Å². The van der Waals surface area contributed by atoms with E-state index in [1.54, 1.807) is 20.0 Å². The lowest BCUT2D eigenvalue weighted by atomic mass is 10.1. The molecule has 2 N–H and O–H groups in total. The molecule has 26 heavy (non-hydrogen) atoms. The molecule has 3 rings (SSSR count). The third-order valence-electron chi connectivity index (χ3n) is 4.08. The molecule has 6 nitrogen and oxygen atoms in total. The average molecular weight is 392 g/mol. The lowest BCUT2D eigenvalue weighted by Gasteiger charge is -2.18. The molecule has 0 saturated carbocycles. The number of hydrogen-bond donors (Lipinski definition) is 2. The third kappa shape index (κ3) is 3.80. The zero-order chi connectivity index (χ0) is 18.8. The summed E-state index contributed by atoms with van der Waals surface area (Å²) < 4.78 is 0. The number of halogens is 1. The van der Waals surface area contributed by atoms with Gasteiger partial charge < -0.3 is 10.1 Å². The fourth-order valence-electron chi connectivity index (χ4n) is 2.81. The summed E-state index contributed by atoms with van der Waals surface area (Å²) in [6.07, 6.45) is 0. The van der Waals surface area contributed by atoms with Crippen molar-refractivity contribution in [3.05, 3.63) is 50.8 Å². The quantitative estimate of drug-likeness (QED) is 0.672. The number of aromatic nitrogens is 2. The van der Waals surface area contributed by atoms with Crippen molar-refractivity contribution >= 4 is 39.1 Å². The molecule has 0 spiro atoms. The van der Waals surface area contributed by atoms with Crippen molar-refractivity contribution in [1.29, 1.82) is 0 Å². The Hall–Kier alpha value is -2.22. The van der Waals surface area contributed by atoms with Crippen LogP contribution in [0.25, 0.3) is 21.3 Å². The number of benzene rings is 1. The maximum atomic E-state index is 12.6. The molecule has 0 bridgehead atoms. The highest BCUT2D eigenvalue weighted by atomic mass is 35.5. The van der Waals surface area contributed by atoms with Crippen molar-refractivity contribution in [2.75, 3.05) is 13.6 Å². The lowest BCUT2D eigenvalue weighted by Crippen LogP contribution is -2.29. The predicted octanol–water partition coefficient (Wildman–Crippen LogP) is 3.46. The number of carboxylic acids is 1. The van der Waals surface area contributed by atoms with Crippen molar-refractivity contribution < 1.29 is 9.90 Å². The molecule has 1 aromatic carbocycles. The van der Waals surface area contributed by atoms with Gasteiger partial charge in [-0.2, -0.15) is 0 Å². The maximum Gasteiger partial charge on any atom is 0.307 e. The second kappa shape index (κ2) is 7.57. The number of aromatic amines is 1. The van der Waals surface area contributed by atoms with E-state index in [0.717, 1.165) is 11.1 Å².